The van der Waals surface area contributed by atoms with Crippen molar-refractivity contribution in [3.8, 4) is 0 Å². The number of nitrogens with zero attached hydrogens (tertiary/aromatic N) is 1. The van der Waals surface area contributed by atoms with Crippen LogP contribution in [0.3, 0.4) is 0 Å². The van der Waals surface area contributed by atoms with E-state index >= 15 is 0 Å². The highest BCUT2D eigenvalue weighted by Gasteiger charge is 2.09. The third kappa shape index (κ3) is 3.24. The number of benzene rings is 1. The average molecular weight is 245 g/mol. The number of rotatable bonds is 4. The zero-order valence-electron chi connectivity index (χ0n) is 9.49. The summed E-state index contributed by atoms with van der Waals surface area (Å²) in [6.45, 7) is 0.841. The van der Waals surface area contributed by atoms with Crippen LogP contribution in [0.2, 0.25) is 0 Å². The van der Waals surface area contributed by atoms with Gasteiger partial charge in [0.2, 0.25) is 0 Å². The maximum atomic E-state index is 11.0. The minimum Gasteiger partial charge on any atom is -0.353 e. The van der Waals surface area contributed by atoms with Crippen molar-refractivity contribution in [3.63, 3.8) is 0 Å². The minimum absolute atomic E-state index is 0.0448. The first kappa shape index (κ1) is 12.0. The molecule has 1 aromatic heterocycles. The number of aromatic nitrogens is 1. The summed E-state index contributed by atoms with van der Waals surface area (Å²) in [5, 5.41) is 0. The minimum atomic E-state index is 0.0448. The van der Waals surface area contributed by atoms with Gasteiger partial charge in [-0.15, -0.1) is 0 Å². The smallest absolute Gasteiger partial charge is 0.181 e. The van der Waals surface area contributed by atoms with E-state index < -0.39 is 0 Å². The SMILES string of the molecule is O=c1ccn(CC(CS)c2ccccc2)cc1. The Morgan fingerprint density at radius 1 is 1.06 bits per heavy atom. The zero-order chi connectivity index (χ0) is 12.1. The lowest BCUT2D eigenvalue weighted by atomic mass is 10.0. The molecule has 2 aromatic rings. The summed E-state index contributed by atoms with van der Waals surface area (Å²) in [6, 6.07) is 13.5. The van der Waals surface area contributed by atoms with Crippen molar-refractivity contribution in [2.24, 2.45) is 0 Å². The van der Waals surface area contributed by atoms with E-state index in [9.17, 15) is 4.79 Å². The molecular weight excluding hydrogens is 230 g/mol. The Kier molecular flexibility index (Phi) is 4.04. The van der Waals surface area contributed by atoms with E-state index in [1.165, 1.54) is 5.56 Å². The molecule has 1 heterocycles. The first-order valence-electron chi connectivity index (χ1n) is 5.61. The average Bonchev–Trinajstić information content (AvgIpc) is 2.39. The van der Waals surface area contributed by atoms with Crippen molar-refractivity contribution in [2.45, 2.75) is 12.5 Å². The van der Waals surface area contributed by atoms with Crippen LogP contribution < -0.4 is 5.43 Å². The van der Waals surface area contributed by atoms with Crippen LogP contribution in [0.1, 0.15) is 11.5 Å². The molecular formula is C14H15NOS. The highest BCUT2D eigenvalue weighted by atomic mass is 32.1. The molecule has 0 spiro atoms. The molecule has 1 unspecified atom stereocenters. The van der Waals surface area contributed by atoms with Crippen molar-refractivity contribution in [3.05, 3.63) is 70.6 Å². The predicted octanol–water partition coefficient (Wildman–Crippen LogP) is 2.56. The van der Waals surface area contributed by atoms with Gasteiger partial charge >= 0.3 is 0 Å². The number of pyridine rings is 1. The van der Waals surface area contributed by atoms with Crippen LogP contribution in [-0.2, 0) is 6.54 Å². The molecule has 0 aliphatic rings. The fourth-order valence-electron chi connectivity index (χ4n) is 1.81. The molecule has 0 N–H and O–H groups in total. The maximum absolute atomic E-state index is 11.0. The second-order valence-electron chi connectivity index (χ2n) is 4.02. The highest BCUT2D eigenvalue weighted by molar-refractivity contribution is 7.80. The van der Waals surface area contributed by atoms with E-state index in [2.05, 4.69) is 24.8 Å². The summed E-state index contributed by atoms with van der Waals surface area (Å²) in [5.74, 6) is 1.15. The zero-order valence-corrected chi connectivity index (χ0v) is 10.4. The Morgan fingerprint density at radius 2 is 1.71 bits per heavy atom. The molecule has 17 heavy (non-hydrogen) atoms. The Balaban J connectivity index is 2.15. The third-order valence-corrected chi connectivity index (χ3v) is 3.22. The van der Waals surface area contributed by atoms with Gasteiger partial charge in [-0.05, 0) is 11.3 Å². The Bertz CT molecular complexity index is 501. The van der Waals surface area contributed by atoms with Gasteiger partial charge in [0.05, 0.1) is 0 Å². The standard InChI is InChI=1S/C14H15NOS/c16-14-6-8-15(9-7-14)10-13(11-17)12-4-2-1-3-5-12/h1-9,13,17H,10-11H2. The van der Waals surface area contributed by atoms with E-state index in [1.54, 1.807) is 12.1 Å². The van der Waals surface area contributed by atoms with Crippen molar-refractivity contribution < 1.29 is 0 Å². The van der Waals surface area contributed by atoms with E-state index in [-0.39, 0.29) is 5.43 Å². The molecule has 0 aliphatic heterocycles. The first-order chi connectivity index (χ1) is 8.29. The second-order valence-corrected chi connectivity index (χ2v) is 4.39. The summed E-state index contributed by atoms with van der Waals surface area (Å²) in [4.78, 5) is 11.0. The second kappa shape index (κ2) is 5.73. The summed E-state index contributed by atoms with van der Waals surface area (Å²) in [6.07, 6.45) is 3.64. The summed E-state index contributed by atoms with van der Waals surface area (Å²) >= 11 is 4.40. The topological polar surface area (TPSA) is 22.0 Å². The van der Waals surface area contributed by atoms with E-state index in [4.69, 9.17) is 0 Å². The highest BCUT2D eigenvalue weighted by Crippen LogP contribution is 2.18. The van der Waals surface area contributed by atoms with Gasteiger partial charge in [-0.3, -0.25) is 4.79 Å². The monoisotopic (exact) mass is 245 g/mol. The van der Waals surface area contributed by atoms with Crippen molar-refractivity contribution in [2.75, 3.05) is 5.75 Å². The molecule has 0 amide bonds. The molecule has 88 valence electrons. The molecule has 0 aliphatic carbocycles. The van der Waals surface area contributed by atoms with Crippen LogP contribution in [0, 0.1) is 0 Å². The molecule has 0 radical (unpaired) electrons. The van der Waals surface area contributed by atoms with Crippen LogP contribution in [0.25, 0.3) is 0 Å². The van der Waals surface area contributed by atoms with Crippen LogP contribution in [0.5, 0.6) is 0 Å². The van der Waals surface area contributed by atoms with Crippen LogP contribution in [-0.4, -0.2) is 10.3 Å². The maximum Gasteiger partial charge on any atom is 0.181 e. The van der Waals surface area contributed by atoms with Gasteiger partial charge in [0.1, 0.15) is 0 Å². The molecule has 0 saturated heterocycles. The molecule has 2 nitrogen and oxygen atoms in total. The largest absolute Gasteiger partial charge is 0.353 e. The van der Waals surface area contributed by atoms with Gasteiger partial charge in [0.25, 0.3) is 0 Å². The third-order valence-electron chi connectivity index (χ3n) is 2.78. The molecule has 0 bridgehead atoms. The van der Waals surface area contributed by atoms with Crippen molar-refractivity contribution >= 4 is 12.6 Å². The Morgan fingerprint density at radius 3 is 2.29 bits per heavy atom. The van der Waals surface area contributed by atoms with E-state index in [1.807, 2.05) is 35.2 Å². The molecule has 0 saturated carbocycles. The number of hydrogen-bond acceptors (Lipinski definition) is 2. The van der Waals surface area contributed by atoms with Gasteiger partial charge in [-0.2, -0.15) is 12.6 Å². The lowest BCUT2D eigenvalue weighted by molar-refractivity contribution is 0.601. The van der Waals surface area contributed by atoms with Crippen LogP contribution in [0.4, 0.5) is 0 Å². The molecule has 3 heteroatoms. The van der Waals surface area contributed by atoms with Crippen LogP contribution >= 0.6 is 12.6 Å². The van der Waals surface area contributed by atoms with Gasteiger partial charge in [-0.1, -0.05) is 30.3 Å². The number of thiol groups is 1. The molecule has 1 atom stereocenters. The quantitative estimate of drug-likeness (QED) is 0.822. The van der Waals surface area contributed by atoms with E-state index in [0.717, 1.165) is 12.3 Å². The molecule has 2 rings (SSSR count). The first-order valence-corrected chi connectivity index (χ1v) is 6.25. The van der Waals surface area contributed by atoms with E-state index in [0.29, 0.717) is 5.92 Å². The summed E-state index contributed by atoms with van der Waals surface area (Å²) in [5.41, 5.74) is 1.32. The number of hydrogen-bond donors (Lipinski definition) is 1. The van der Waals surface area contributed by atoms with Crippen LogP contribution in [0.15, 0.2) is 59.7 Å². The van der Waals surface area contributed by atoms with Crippen molar-refractivity contribution in [1.82, 2.24) is 4.57 Å². The molecule has 1 aromatic carbocycles. The Hall–Kier alpha value is -1.48. The normalized spacial score (nSPS) is 12.3. The fourth-order valence-corrected chi connectivity index (χ4v) is 2.14. The van der Waals surface area contributed by atoms with Gasteiger partial charge < -0.3 is 4.57 Å². The fraction of sp³-hybridized carbons (Fsp3) is 0.214. The molecule has 0 fully saturated rings. The lowest BCUT2D eigenvalue weighted by Gasteiger charge is -2.16. The van der Waals surface area contributed by atoms with Gasteiger partial charge in [0, 0.05) is 37.0 Å². The van der Waals surface area contributed by atoms with Gasteiger partial charge in [-0.25, -0.2) is 0 Å². The van der Waals surface area contributed by atoms with Crippen molar-refractivity contribution in [1.29, 1.82) is 0 Å². The Labute approximate surface area is 106 Å². The van der Waals surface area contributed by atoms with Gasteiger partial charge in [0.15, 0.2) is 5.43 Å². The lowest BCUT2D eigenvalue weighted by Crippen LogP contribution is -2.12. The summed E-state index contributed by atoms with van der Waals surface area (Å²) < 4.78 is 2.02. The predicted molar refractivity (Wildman–Crippen MR) is 73.7 cm³/mol. The summed E-state index contributed by atoms with van der Waals surface area (Å²) in [7, 11) is 0.